The fraction of sp³-hybridized carbons (Fsp3) is 0.375. The van der Waals surface area contributed by atoms with Crippen molar-refractivity contribution in [2.45, 2.75) is 51.2 Å². The zero-order chi connectivity index (χ0) is 23.1. The minimum absolute atomic E-state index is 0.0575. The van der Waals surface area contributed by atoms with E-state index in [-0.39, 0.29) is 22.2 Å². The fourth-order valence-electron chi connectivity index (χ4n) is 3.32. The first-order valence-corrected chi connectivity index (χ1v) is 12.1. The van der Waals surface area contributed by atoms with E-state index in [9.17, 15) is 14.0 Å². The Kier molecular flexibility index (Phi) is 8.70. The normalized spacial score (nSPS) is 12.1. The Bertz CT molecular complexity index is 1150. The molecule has 0 bridgehead atoms. The third-order valence-corrected chi connectivity index (χ3v) is 6.65. The maximum absolute atomic E-state index is 13.3. The van der Waals surface area contributed by atoms with E-state index in [0.717, 1.165) is 25.7 Å². The van der Waals surface area contributed by atoms with Crippen molar-refractivity contribution in [3.8, 4) is 0 Å². The van der Waals surface area contributed by atoms with Crippen molar-refractivity contribution in [2.24, 2.45) is 5.92 Å². The Morgan fingerprint density at radius 3 is 2.78 bits per heavy atom. The van der Waals surface area contributed by atoms with Gasteiger partial charge in [-0.3, -0.25) is 14.2 Å². The predicted molar refractivity (Wildman–Crippen MR) is 130 cm³/mol. The summed E-state index contributed by atoms with van der Waals surface area (Å²) < 4.78 is 15.0. The van der Waals surface area contributed by atoms with E-state index in [1.165, 1.54) is 30.0 Å². The first-order chi connectivity index (χ1) is 15.4. The van der Waals surface area contributed by atoms with Crippen molar-refractivity contribution >= 4 is 45.9 Å². The van der Waals surface area contributed by atoms with E-state index in [4.69, 9.17) is 11.6 Å². The molecule has 0 saturated carbocycles. The summed E-state index contributed by atoms with van der Waals surface area (Å²) >= 11 is 6.99. The van der Waals surface area contributed by atoms with Crippen LogP contribution in [0.3, 0.4) is 0 Å². The van der Waals surface area contributed by atoms with E-state index < -0.39 is 5.82 Å². The van der Waals surface area contributed by atoms with Gasteiger partial charge in [0.2, 0.25) is 5.91 Å². The van der Waals surface area contributed by atoms with Crippen LogP contribution in [0.25, 0.3) is 10.9 Å². The molecule has 0 unspecified atom stereocenters. The summed E-state index contributed by atoms with van der Waals surface area (Å²) in [5, 5.41) is 3.73. The lowest BCUT2D eigenvalue weighted by atomic mass is 10.0. The quantitative estimate of drug-likeness (QED) is 0.217. The topological polar surface area (TPSA) is 64.0 Å². The fourth-order valence-corrected chi connectivity index (χ4v) is 4.33. The number of anilines is 1. The molecule has 0 aliphatic carbocycles. The molecule has 8 heteroatoms. The molecule has 1 amide bonds. The van der Waals surface area contributed by atoms with E-state index >= 15 is 0 Å². The number of nitrogens with zero attached hydrogens (tertiary/aromatic N) is 2. The SMILES string of the molecule is CC[C@H](C)CCCCn1c(SCC(=O)Nc2ccc(F)c(Cl)c2)nc2ccccc2c1=O. The van der Waals surface area contributed by atoms with Gasteiger partial charge in [0.05, 0.1) is 21.7 Å². The van der Waals surface area contributed by atoms with Crippen molar-refractivity contribution in [3.63, 3.8) is 0 Å². The summed E-state index contributed by atoms with van der Waals surface area (Å²) in [6.07, 6.45) is 4.17. The van der Waals surface area contributed by atoms with Crippen LogP contribution in [0, 0.1) is 11.7 Å². The van der Waals surface area contributed by atoms with Crippen LogP contribution in [0.5, 0.6) is 0 Å². The summed E-state index contributed by atoms with van der Waals surface area (Å²) in [6.45, 7) is 4.98. The number of unbranched alkanes of at least 4 members (excludes halogenated alkanes) is 1. The molecule has 170 valence electrons. The number of carbonyl (C=O) groups excluding carboxylic acids is 1. The molecular weight excluding hydrogens is 449 g/mol. The first kappa shape index (κ1) is 24.3. The number of aromatic nitrogens is 2. The van der Waals surface area contributed by atoms with E-state index in [0.29, 0.717) is 34.2 Å². The van der Waals surface area contributed by atoms with Gasteiger partial charge in [-0.2, -0.15) is 0 Å². The smallest absolute Gasteiger partial charge is 0.262 e. The molecule has 32 heavy (non-hydrogen) atoms. The van der Waals surface area contributed by atoms with Gasteiger partial charge in [0.1, 0.15) is 5.82 Å². The van der Waals surface area contributed by atoms with Gasteiger partial charge in [0.25, 0.3) is 5.56 Å². The van der Waals surface area contributed by atoms with Gasteiger partial charge in [0, 0.05) is 12.2 Å². The number of carbonyl (C=O) groups is 1. The summed E-state index contributed by atoms with van der Waals surface area (Å²) in [5.41, 5.74) is 0.935. The number of benzene rings is 2. The van der Waals surface area contributed by atoms with Gasteiger partial charge in [-0.1, -0.05) is 68.6 Å². The average Bonchev–Trinajstić information content (AvgIpc) is 2.79. The molecule has 0 spiro atoms. The molecule has 1 atom stereocenters. The van der Waals surface area contributed by atoms with E-state index in [1.807, 2.05) is 12.1 Å². The highest BCUT2D eigenvalue weighted by Crippen LogP contribution is 2.22. The van der Waals surface area contributed by atoms with Gasteiger partial charge < -0.3 is 5.32 Å². The van der Waals surface area contributed by atoms with Crippen LogP contribution in [0.4, 0.5) is 10.1 Å². The molecule has 1 aromatic heterocycles. The zero-order valence-corrected chi connectivity index (χ0v) is 19.8. The molecule has 3 aromatic rings. The number of nitrogens with one attached hydrogen (secondary N) is 1. The Morgan fingerprint density at radius 1 is 1.25 bits per heavy atom. The lowest BCUT2D eigenvalue weighted by Gasteiger charge is -2.14. The number of rotatable bonds is 10. The minimum Gasteiger partial charge on any atom is -0.325 e. The van der Waals surface area contributed by atoms with Crippen LogP contribution in [0.1, 0.15) is 39.5 Å². The molecule has 0 saturated heterocycles. The number of amides is 1. The molecule has 1 heterocycles. The molecule has 0 fully saturated rings. The molecule has 3 rings (SSSR count). The Hall–Kier alpha value is -2.38. The summed E-state index contributed by atoms with van der Waals surface area (Å²) in [7, 11) is 0. The minimum atomic E-state index is -0.545. The molecule has 1 N–H and O–H groups in total. The second kappa shape index (κ2) is 11.5. The third kappa shape index (κ3) is 6.33. The van der Waals surface area contributed by atoms with E-state index in [2.05, 4.69) is 24.1 Å². The van der Waals surface area contributed by atoms with Gasteiger partial charge in [0.15, 0.2) is 5.16 Å². The van der Waals surface area contributed by atoms with Gasteiger partial charge >= 0.3 is 0 Å². The third-order valence-electron chi connectivity index (χ3n) is 5.39. The van der Waals surface area contributed by atoms with Gasteiger partial charge in [-0.15, -0.1) is 0 Å². The van der Waals surface area contributed by atoms with Crippen molar-refractivity contribution in [2.75, 3.05) is 11.1 Å². The monoisotopic (exact) mass is 475 g/mol. The molecule has 2 aromatic carbocycles. The van der Waals surface area contributed by atoms with Crippen LogP contribution in [0.2, 0.25) is 5.02 Å². The number of thioether (sulfide) groups is 1. The maximum atomic E-state index is 13.3. The van der Waals surface area contributed by atoms with Crippen molar-refractivity contribution in [3.05, 3.63) is 63.7 Å². The lowest BCUT2D eigenvalue weighted by molar-refractivity contribution is -0.113. The highest BCUT2D eigenvalue weighted by atomic mass is 35.5. The van der Waals surface area contributed by atoms with Crippen LogP contribution in [0.15, 0.2) is 52.4 Å². The number of hydrogen-bond donors (Lipinski definition) is 1. The van der Waals surface area contributed by atoms with E-state index in [1.54, 1.807) is 16.7 Å². The number of para-hydroxylation sites is 1. The average molecular weight is 476 g/mol. The van der Waals surface area contributed by atoms with Gasteiger partial charge in [-0.25, -0.2) is 9.37 Å². The molecule has 0 radical (unpaired) electrons. The Morgan fingerprint density at radius 2 is 2.03 bits per heavy atom. The van der Waals surface area contributed by atoms with Crippen molar-refractivity contribution in [1.29, 1.82) is 0 Å². The summed E-state index contributed by atoms with van der Waals surface area (Å²) in [5.74, 6) is -0.105. The predicted octanol–water partition coefficient (Wildman–Crippen LogP) is 6.14. The molecule has 5 nitrogen and oxygen atoms in total. The second-order valence-electron chi connectivity index (χ2n) is 7.84. The molecular formula is C24H27ClFN3O2S. The lowest BCUT2D eigenvalue weighted by Crippen LogP contribution is -2.24. The number of fused-ring (bicyclic) bond motifs is 1. The van der Waals surface area contributed by atoms with Crippen LogP contribution in [-0.4, -0.2) is 21.2 Å². The summed E-state index contributed by atoms with van der Waals surface area (Å²) in [4.78, 5) is 30.2. The number of hydrogen-bond acceptors (Lipinski definition) is 4. The zero-order valence-electron chi connectivity index (χ0n) is 18.2. The van der Waals surface area contributed by atoms with Crippen LogP contribution in [-0.2, 0) is 11.3 Å². The first-order valence-electron chi connectivity index (χ1n) is 10.8. The van der Waals surface area contributed by atoms with Crippen molar-refractivity contribution < 1.29 is 9.18 Å². The largest absolute Gasteiger partial charge is 0.325 e. The molecule has 0 aliphatic heterocycles. The van der Waals surface area contributed by atoms with Crippen LogP contribution < -0.4 is 10.9 Å². The molecule has 0 aliphatic rings. The standard InChI is InChI=1S/C24H27ClFN3O2S/c1-3-16(2)8-6-7-13-29-23(31)18-9-4-5-10-21(18)28-24(29)32-15-22(30)27-17-11-12-20(26)19(25)14-17/h4-5,9-12,14,16H,3,6-8,13,15H2,1-2H3,(H,27,30)/t16-/m0/s1. The second-order valence-corrected chi connectivity index (χ2v) is 9.19. The maximum Gasteiger partial charge on any atom is 0.262 e. The Balaban J connectivity index is 1.74. The highest BCUT2D eigenvalue weighted by Gasteiger charge is 2.14. The summed E-state index contributed by atoms with van der Waals surface area (Å²) in [6, 6.07) is 11.3. The Labute approximate surface area is 196 Å². The number of halogens is 2. The highest BCUT2D eigenvalue weighted by molar-refractivity contribution is 7.99. The van der Waals surface area contributed by atoms with Crippen LogP contribution >= 0.6 is 23.4 Å². The van der Waals surface area contributed by atoms with Gasteiger partial charge in [-0.05, 0) is 42.7 Å². The van der Waals surface area contributed by atoms with Crippen molar-refractivity contribution in [1.82, 2.24) is 9.55 Å².